The average molecular weight is 194 g/mol. The third-order valence-corrected chi connectivity index (χ3v) is 4.08. The van der Waals surface area contributed by atoms with E-state index in [1.807, 2.05) is 0 Å². The van der Waals surface area contributed by atoms with Crippen LogP contribution in [0.15, 0.2) is 11.6 Å². The van der Waals surface area contributed by atoms with Crippen LogP contribution in [0.2, 0.25) is 0 Å². The summed E-state index contributed by atoms with van der Waals surface area (Å²) in [5.74, 6) is 0. The smallest absolute Gasteiger partial charge is 0.0641 e. The van der Waals surface area contributed by atoms with Gasteiger partial charge in [-0.15, -0.1) is 0 Å². The highest BCUT2D eigenvalue weighted by Crippen LogP contribution is 2.46. The van der Waals surface area contributed by atoms with Crippen LogP contribution in [0.5, 0.6) is 0 Å². The zero-order valence-corrected chi connectivity index (χ0v) is 9.10. The molecule has 80 valence electrons. The van der Waals surface area contributed by atoms with Gasteiger partial charge in [-0.3, -0.25) is 0 Å². The maximum absolute atomic E-state index is 9.21. The van der Waals surface area contributed by atoms with Crippen LogP contribution in [-0.4, -0.2) is 11.7 Å². The third kappa shape index (κ3) is 2.20. The molecular weight excluding hydrogens is 172 g/mol. The molecule has 0 aromatic rings. The van der Waals surface area contributed by atoms with Crippen molar-refractivity contribution in [3.63, 3.8) is 0 Å². The highest BCUT2D eigenvalue weighted by atomic mass is 16.3. The number of hydrogen-bond acceptors (Lipinski definition) is 1. The Morgan fingerprint density at radius 2 is 1.79 bits per heavy atom. The van der Waals surface area contributed by atoms with Crippen LogP contribution >= 0.6 is 0 Å². The maximum Gasteiger partial charge on any atom is 0.0641 e. The summed E-state index contributed by atoms with van der Waals surface area (Å²) in [6, 6.07) is 0. The quantitative estimate of drug-likeness (QED) is 0.634. The molecule has 0 aromatic carbocycles. The molecule has 0 saturated heterocycles. The first-order chi connectivity index (χ1) is 6.85. The Bertz CT molecular complexity index is 209. The molecular formula is C13H22O. The van der Waals surface area contributed by atoms with Crippen molar-refractivity contribution in [3.05, 3.63) is 11.6 Å². The third-order valence-electron chi connectivity index (χ3n) is 4.08. The van der Waals surface area contributed by atoms with E-state index in [0.29, 0.717) is 12.0 Å². The molecule has 2 aliphatic carbocycles. The van der Waals surface area contributed by atoms with Crippen LogP contribution < -0.4 is 0 Å². The van der Waals surface area contributed by atoms with Gasteiger partial charge in [0.15, 0.2) is 0 Å². The van der Waals surface area contributed by atoms with E-state index in [2.05, 4.69) is 6.08 Å². The van der Waals surface area contributed by atoms with Crippen LogP contribution in [0.25, 0.3) is 0 Å². The highest BCUT2D eigenvalue weighted by Gasteiger charge is 2.32. The van der Waals surface area contributed by atoms with Crippen LogP contribution in [-0.2, 0) is 0 Å². The van der Waals surface area contributed by atoms with Crippen LogP contribution in [0.4, 0.5) is 0 Å². The molecule has 0 radical (unpaired) electrons. The van der Waals surface area contributed by atoms with Crippen molar-refractivity contribution >= 4 is 0 Å². The summed E-state index contributed by atoms with van der Waals surface area (Å²) >= 11 is 0. The van der Waals surface area contributed by atoms with Gasteiger partial charge in [0.05, 0.1) is 6.61 Å². The molecule has 2 rings (SSSR count). The molecule has 1 saturated carbocycles. The lowest BCUT2D eigenvalue weighted by Gasteiger charge is -2.36. The van der Waals surface area contributed by atoms with Gasteiger partial charge >= 0.3 is 0 Å². The zero-order chi connectivity index (χ0) is 9.86. The van der Waals surface area contributed by atoms with E-state index in [0.717, 1.165) is 0 Å². The average Bonchev–Trinajstić information content (AvgIpc) is 2.44. The summed E-state index contributed by atoms with van der Waals surface area (Å²) in [4.78, 5) is 0. The number of aliphatic hydroxyl groups is 1. The van der Waals surface area contributed by atoms with Gasteiger partial charge in [-0.05, 0) is 43.1 Å². The second kappa shape index (κ2) is 4.48. The van der Waals surface area contributed by atoms with Gasteiger partial charge in [-0.2, -0.15) is 0 Å². The number of hydrogen-bond donors (Lipinski definition) is 1. The molecule has 0 atom stereocenters. The molecule has 1 fully saturated rings. The first kappa shape index (κ1) is 10.2. The Morgan fingerprint density at radius 1 is 1.07 bits per heavy atom. The van der Waals surface area contributed by atoms with Gasteiger partial charge in [-0.25, -0.2) is 0 Å². The summed E-state index contributed by atoms with van der Waals surface area (Å²) in [5, 5.41) is 9.21. The summed E-state index contributed by atoms with van der Waals surface area (Å²) in [5.41, 5.74) is 1.89. The first-order valence-corrected chi connectivity index (χ1v) is 6.13. The molecule has 0 unspecified atom stereocenters. The van der Waals surface area contributed by atoms with E-state index in [4.69, 9.17) is 0 Å². The maximum atomic E-state index is 9.21. The molecule has 0 aromatic heterocycles. The Labute approximate surface area is 87.2 Å². The van der Waals surface area contributed by atoms with Crippen LogP contribution in [0, 0.1) is 5.41 Å². The molecule has 0 amide bonds. The lowest BCUT2D eigenvalue weighted by Crippen LogP contribution is -2.24. The predicted molar refractivity (Wildman–Crippen MR) is 59.2 cm³/mol. The van der Waals surface area contributed by atoms with Crippen molar-refractivity contribution in [1.29, 1.82) is 0 Å². The molecule has 1 spiro atoms. The second-order valence-corrected chi connectivity index (χ2v) is 5.15. The molecule has 0 heterocycles. The first-order valence-electron chi connectivity index (χ1n) is 6.13. The molecule has 1 N–H and O–H groups in total. The Balaban J connectivity index is 2.03. The lowest BCUT2D eigenvalue weighted by atomic mass is 9.69. The van der Waals surface area contributed by atoms with Gasteiger partial charge < -0.3 is 5.11 Å². The van der Waals surface area contributed by atoms with Crippen molar-refractivity contribution in [1.82, 2.24) is 0 Å². The Hall–Kier alpha value is -0.300. The van der Waals surface area contributed by atoms with E-state index in [1.54, 1.807) is 0 Å². The van der Waals surface area contributed by atoms with Gasteiger partial charge in [0.25, 0.3) is 0 Å². The molecule has 0 bridgehead atoms. The topological polar surface area (TPSA) is 20.2 Å². The minimum Gasteiger partial charge on any atom is -0.392 e. The van der Waals surface area contributed by atoms with Gasteiger partial charge in [-0.1, -0.05) is 31.8 Å². The standard InChI is InChI=1S/C13H22O/c14-11-12-6-5-9-13(10-12)7-3-1-2-4-8-13/h6,14H,1-5,7-11H2. The number of aliphatic hydroxyl groups excluding tert-OH is 1. The fourth-order valence-electron chi connectivity index (χ4n) is 3.25. The van der Waals surface area contributed by atoms with Crippen molar-refractivity contribution in [2.75, 3.05) is 6.61 Å². The normalized spacial score (nSPS) is 27.1. The number of rotatable bonds is 1. The summed E-state index contributed by atoms with van der Waals surface area (Å²) in [6.07, 6.45) is 14.5. The molecule has 1 heteroatoms. The molecule has 2 aliphatic rings. The van der Waals surface area contributed by atoms with Gasteiger partial charge in [0.2, 0.25) is 0 Å². The zero-order valence-electron chi connectivity index (χ0n) is 9.10. The minimum absolute atomic E-state index is 0.293. The summed E-state index contributed by atoms with van der Waals surface area (Å²) < 4.78 is 0. The predicted octanol–water partition coefficient (Wildman–Crippen LogP) is 3.43. The highest BCUT2D eigenvalue weighted by molar-refractivity contribution is 5.11. The van der Waals surface area contributed by atoms with Crippen LogP contribution in [0.3, 0.4) is 0 Å². The SMILES string of the molecule is OCC1=CCCC2(CCCCCC2)C1. The van der Waals surface area contributed by atoms with Crippen molar-refractivity contribution in [2.24, 2.45) is 5.41 Å². The molecule has 14 heavy (non-hydrogen) atoms. The monoisotopic (exact) mass is 194 g/mol. The lowest BCUT2D eigenvalue weighted by molar-refractivity contribution is 0.197. The van der Waals surface area contributed by atoms with Crippen molar-refractivity contribution in [2.45, 2.75) is 57.8 Å². The fraction of sp³-hybridized carbons (Fsp3) is 0.846. The van der Waals surface area contributed by atoms with Gasteiger partial charge in [0.1, 0.15) is 0 Å². The molecule has 1 nitrogen and oxygen atoms in total. The van der Waals surface area contributed by atoms with Crippen molar-refractivity contribution < 1.29 is 5.11 Å². The second-order valence-electron chi connectivity index (χ2n) is 5.15. The summed E-state index contributed by atoms with van der Waals surface area (Å²) in [6.45, 7) is 0.293. The number of allylic oxidation sites excluding steroid dienone is 1. The van der Waals surface area contributed by atoms with Crippen molar-refractivity contribution in [3.8, 4) is 0 Å². The van der Waals surface area contributed by atoms with E-state index >= 15 is 0 Å². The largest absolute Gasteiger partial charge is 0.392 e. The Kier molecular flexibility index (Phi) is 3.27. The molecule has 0 aliphatic heterocycles. The Morgan fingerprint density at radius 3 is 2.43 bits per heavy atom. The van der Waals surface area contributed by atoms with Gasteiger partial charge in [0, 0.05) is 0 Å². The van der Waals surface area contributed by atoms with E-state index in [-0.39, 0.29) is 0 Å². The fourth-order valence-corrected chi connectivity index (χ4v) is 3.25. The van der Waals surface area contributed by atoms with Crippen LogP contribution in [0.1, 0.15) is 57.8 Å². The van der Waals surface area contributed by atoms with E-state index < -0.39 is 0 Å². The summed E-state index contributed by atoms with van der Waals surface area (Å²) in [7, 11) is 0. The van der Waals surface area contributed by atoms with E-state index in [1.165, 1.54) is 63.4 Å². The minimum atomic E-state index is 0.293. The van der Waals surface area contributed by atoms with E-state index in [9.17, 15) is 5.11 Å².